The molecule has 0 heterocycles. The second-order valence-corrected chi connectivity index (χ2v) is 4.62. The van der Waals surface area contributed by atoms with Crippen molar-refractivity contribution in [2.24, 2.45) is 0 Å². The average Bonchev–Trinajstić information content (AvgIpc) is 2.54. The lowest BCUT2D eigenvalue weighted by Gasteiger charge is -2.21. The quantitative estimate of drug-likeness (QED) is 0.743. The predicted molar refractivity (Wildman–Crippen MR) is 65.5 cm³/mol. The summed E-state index contributed by atoms with van der Waals surface area (Å²) in [7, 11) is 0. The van der Waals surface area contributed by atoms with Gasteiger partial charge in [-0.1, -0.05) is 25.0 Å². The smallest absolute Gasteiger partial charge is 0.370 e. The molecule has 1 N–H and O–H groups in total. The zero-order valence-electron chi connectivity index (χ0n) is 10.9. The van der Waals surface area contributed by atoms with E-state index in [2.05, 4.69) is 11.4 Å². The summed E-state index contributed by atoms with van der Waals surface area (Å²) in [6, 6.07) is -0.0737. The minimum absolute atomic E-state index is 0.0737. The first kappa shape index (κ1) is 15.5. The second-order valence-electron chi connectivity index (χ2n) is 4.62. The molecule has 1 unspecified atom stereocenters. The van der Waals surface area contributed by atoms with Gasteiger partial charge in [-0.15, -0.1) is 0 Å². The lowest BCUT2D eigenvalue weighted by molar-refractivity contribution is -0.174. The lowest BCUT2D eigenvalue weighted by atomic mass is 10.0. The van der Waals surface area contributed by atoms with Gasteiger partial charge in [0.2, 0.25) is 0 Å². The van der Waals surface area contributed by atoms with Crippen LogP contribution < -0.4 is 5.32 Å². The summed E-state index contributed by atoms with van der Waals surface area (Å²) in [6.07, 6.45) is 3.40. The number of nitrogens with one attached hydrogen (secondary N) is 1. The number of ether oxygens (including phenoxy) is 1. The van der Waals surface area contributed by atoms with Crippen LogP contribution in [0.1, 0.15) is 39.0 Å². The van der Waals surface area contributed by atoms with E-state index in [0.717, 1.165) is 25.8 Å². The molecular formula is C13H22F3NO. The van der Waals surface area contributed by atoms with Crippen molar-refractivity contribution in [3.05, 3.63) is 11.6 Å². The number of allylic oxidation sites excluding steroid dienone is 1. The van der Waals surface area contributed by atoms with Crippen LogP contribution in [0, 0.1) is 0 Å². The standard InChI is InChI=1S/C13H22F3NO/c1-2-17-12(9-18-10-13(14,15)16)11-7-5-3-4-6-8-11/h7,12,17H,2-6,8-10H2,1H3. The molecule has 0 amide bonds. The van der Waals surface area contributed by atoms with Gasteiger partial charge in [-0.2, -0.15) is 13.2 Å². The van der Waals surface area contributed by atoms with E-state index in [-0.39, 0.29) is 12.6 Å². The zero-order chi connectivity index (χ0) is 13.4. The summed E-state index contributed by atoms with van der Waals surface area (Å²) in [5.74, 6) is 0. The van der Waals surface area contributed by atoms with Gasteiger partial charge in [-0.3, -0.25) is 0 Å². The molecule has 5 heteroatoms. The monoisotopic (exact) mass is 265 g/mol. The van der Waals surface area contributed by atoms with E-state index >= 15 is 0 Å². The maximum Gasteiger partial charge on any atom is 0.411 e. The third-order valence-corrected chi connectivity index (χ3v) is 3.02. The highest BCUT2D eigenvalue weighted by molar-refractivity contribution is 5.12. The molecule has 1 atom stereocenters. The normalized spacial score (nSPS) is 19.2. The highest BCUT2D eigenvalue weighted by Gasteiger charge is 2.28. The van der Waals surface area contributed by atoms with Crippen LogP contribution in [0.3, 0.4) is 0 Å². The van der Waals surface area contributed by atoms with Crippen LogP contribution in [0.4, 0.5) is 13.2 Å². The van der Waals surface area contributed by atoms with Crippen molar-refractivity contribution in [2.45, 2.75) is 51.2 Å². The van der Waals surface area contributed by atoms with E-state index in [9.17, 15) is 13.2 Å². The van der Waals surface area contributed by atoms with E-state index < -0.39 is 12.8 Å². The largest absolute Gasteiger partial charge is 0.411 e. The van der Waals surface area contributed by atoms with Gasteiger partial charge in [0.25, 0.3) is 0 Å². The topological polar surface area (TPSA) is 21.3 Å². The summed E-state index contributed by atoms with van der Waals surface area (Å²) < 4.78 is 40.9. The first-order valence-corrected chi connectivity index (χ1v) is 6.59. The Morgan fingerprint density at radius 3 is 2.78 bits per heavy atom. The van der Waals surface area contributed by atoms with Crippen LogP contribution in [-0.2, 0) is 4.74 Å². The SMILES string of the molecule is CCNC(COCC(F)(F)F)C1=CCCCCC1. The molecule has 106 valence electrons. The fraction of sp³-hybridized carbons (Fsp3) is 0.846. The van der Waals surface area contributed by atoms with Crippen LogP contribution in [0.5, 0.6) is 0 Å². The second kappa shape index (κ2) is 7.79. The van der Waals surface area contributed by atoms with Crippen LogP contribution in [0.25, 0.3) is 0 Å². The van der Waals surface area contributed by atoms with Gasteiger partial charge in [0.15, 0.2) is 0 Å². The summed E-state index contributed by atoms with van der Waals surface area (Å²) in [6.45, 7) is 1.62. The van der Waals surface area contributed by atoms with Gasteiger partial charge < -0.3 is 10.1 Å². The Labute approximate surface area is 107 Å². The fourth-order valence-corrected chi connectivity index (χ4v) is 2.19. The minimum atomic E-state index is -4.24. The number of hydrogen-bond donors (Lipinski definition) is 1. The van der Waals surface area contributed by atoms with Gasteiger partial charge in [-0.05, 0) is 32.2 Å². The molecule has 0 fully saturated rings. The number of hydrogen-bond acceptors (Lipinski definition) is 2. The average molecular weight is 265 g/mol. The molecule has 0 bridgehead atoms. The van der Waals surface area contributed by atoms with Crippen molar-refractivity contribution >= 4 is 0 Å². The van der Waals surface area contributed by atoms with Crippen molar-refractivity contribution in [1.29, 1.82) is 0 Å². The Balaban J connectivity index is 2.45. The van der Waals surface area contributed by atoms with Crippen LogP contribution in [0.2, 0.25) is 0 Å². The van der Waals surface area contributed by atoms with Crippen molar-refractivity contribution in [3.8, 4) is 0 Å². The summed E-state index contributed by atoms with van der Waals surface area (Å²) in [5.41, 5.74) is 1.21. The van der Waals surface area contributed by atoms with Gasteiger partial charge in [0, 0.05) is 0 Å². The van der Waals surface area contributed by atoms with E-state index in [0.29, 0.717) is 0 Å². The Kier molecular flexibility index (Phi) is 6.71. The summed E-state index contributed by atoms with van der Waals surface area (Å²) in [4.78, 5) is 0. The molecule has 0 saturated carbocycles. The summed E-state index contributed by atoms with van der Waals surface area (Å²) >= 11 is 0. The summed E-state index contributed by atoms with van der Waals surface area (Å²) in [5, 5.41) is 3.21. The first-order valence-electron chi connectivity index (χ1n) is 6.59. The fourth-order valence-electron chi connectivity index (χ4n) is 2.19. The van der Waals surface area contributed by atoms with E-state index in [1.165, 1.54) is 18.4 Å². The van der Waals surface area contributed by atoms with E-state index in [4.69, 9.17) is 4.74 Å². The van der Waals surface area contributed by atoms with E-state index in [1.54, 1.807) is 0 Å². The molecule has 18 heavy (non-hydrogen) atoms. The van der Waals surface area contributed by atoms with Crippen LogP contribution in [0.15, 0.2) is 11.6 Å². The molecule has 0 radical (unpaired) electrons. The van der Waals surface area contributed by atoms with Gasteiger partial charge >= 0.3 is 6.18 Å². The number of alkyl halides is 3. The van der Waals surface area contributed by atoms with Crippen LogP contribution >= 0.6 is 0 Å². The molecule has 1 rings (SSSR count). The van der Waals surface area contributed by atoms with Gasteiger partial charge in [-0.25, -0.2) is 0 Å². The molecule has 2 nitrogen and oxygen atoms in total. The molecule has 0 saturated heterocycles. The Bertz CT molecular complexity index is 263. The van der Waals surface area contributed by atoms with Gasteiger partial charge in [0.1, 0.15) is 6.61 Å². The highest BCUT2D eigenvalue weighted by atomic mass is 19.4. The number of halogens is 3. The highest BCUT2D eigenvalue weighted by Crippen LogP contribution is 2.21. The van der Waals surface area contributed by atoms with Crippen molar-refractivity contribution < 1.29 is 17.9 Å². The van der Waals surface area contributed by atoms with Crippen molar-refractivity contribution in [2.75, 3.05) is 19.8 Å². The third kappa shape index (κ3) is 6.40. The van der Waals surface area contributed by atoms with Crippen molar-refractivity contribution in [3.63, 3.8) is 0 Å². The van der Waals surface area contributed by atoms with E-state index in [1.807, 2.05) is 6.92 Å². The first-order chi connectivity index (χ1) is 8.53. The Hall–Kier alpha value is -0.550. The zero-order valence-corrected chi connectivity index (χ0v) is 10.9. The molecule has 1 aliphatic rings. The third-order valence-electron chi connectivity index (χ3n) is 3.02. The maximum atomic E-state index is 12.0. The Morgan fingerprint density at radius 2 is 2.11 bits per heavy atom. The molecule has 0 spiro atoms. The van der Waals surface area contributed by atoms with Gasteiger partial charge in [0.05, 0.1) is 12.6 Å². The molecule has 0 aromatic heterocycles. The van der Waals surface area contributed by atoms with Crippen molar-refractivity contribution in [1.82, 2.24) is 5.32 Å². The van der Waals surface area contributed by atoms with Crippen LogP contribution in [-0.4, -0.2) is 32.0 Å². The Morgan fingerprint density at radius 1 is 1.33 bits per heavy atom. The molecule has 0 aliphatic heterocycles. The maximum absolute atomic E-state index is 12.0. The molecular weight excluding hydrogens is 243 g/mol. The predicted octanol–water partition coefficient (Wildman–Crippen LogP) is 3.43. The molecule has 0 aromatic rings. The number of likely N-dealkylation sites (N-methyl/N-ethyl adjacent to an activating group) is 1. The molecule has 0 aromatic carbocycles. The molecule has 1 aliphatic carbocycles. The minimum Gasteiger partial charge on any atom is -0.370 e. The lowest BCUT2D eigenvalue weighted by Crippen LogP contribution is -2.36. The number of rotatable bonds is 6.